The van der Waals surface area contributed by atoms with Gasteiger partial charge in [-0.15, -0.1) is 0 Å². The Morgan fingerprint density at radius 1 is 1.14 bits per heavy atom. The molecular weight excluding hydrogens is 256 g/mol. The Morgan fingerprint density at radius 3 is 2.67 bits per heavy atom. The zero-order valence-corrected chi connectivity index (χ0v) is 13.1. The van der Waals surface area contributed by atoms with Crippen LogP contribution in [0.25, 0.3) is 10.8 Å². The summed E-state index contributed by atoms with van der Waals surface area (Å²) in [4.78, 5) is 2.54. The Hall–Kier alpha value is -1.38. The predicted octanol–water partition coefficient (Wildman–Crippen LogP) is 3.82. The maximum atomic E-state index is 6.52. The maximum Gasteiger partial charge on any atom is 0.0430 e. The highest BCUT2D eigenvalue weighted by Gasteiger charge is 2.26. The van der Waals surface area contributed by atoms with E-state index in [0.29, 0.717) is 0 Å². The minimum atomic E-state index is 0.0991. The molecule has 1 saturated heterocycles. The molecule has 21 heavy (non-hydrogen) atoms. The van der Waals surface area contributed by atoms with Crippen LogP contribution in [0.5, 0.6) is 0 Å². The molecule has 1 aliphatic heterocycles. The van der Waals surface area contributed by atoms with Crippen LogP contribution < -0.4 is 5.73 Å². The van der Waals surface area contributed by atoms with Crippen LogP contribution in [0, 0.1) is 11.8 Å². The highest BCUT2D eigenvalue weighted by Crippen LogP contribution is 2.27. The van der Waals surface area contributed by atoms with Crippen LogP contribution in [0.4, 0.5) is 0 Å². The first-order valence-electron chi connectivity index (χ1n) is 8.10. The van der Waals surface area contributed by atoms with Crippen molar-refractivity contribution >= 4 is 10.8 Å². The van der Waals surface area contributed by atoms with Gasteiger partial charge in [0.1, 0.15) is 0 Å². The van der Waals surface area contributed by atoms with Crippen molar-refractivity contribution in [2.45, 2.75) is 26.3 Å². The summed E-state index contributed by atoms with van der Waals surface area (Å²) < 4.78 is 0. The fourth-order valence-electron chi connectivity index (χ4n) is 3.52. The molecule has 112 valence electrons. The second kappa shape index (κ2) is 6.17. The normalized spacial score (nSPS) is 21.2. The van der Waals surface area contributed by atoms with Gasteiger partial charge in [0.05, 0.1) is 0 Å². The van der Waals surface area contributed by atoms with Gasteiger partial charge >= 0.3 is 0 Å². The molecule has 3 rings (SSSR count). The minimum absolute atomic E-state index is 0.0991. The van der Waals surface area contributed by atoms with Crippen LogP contribution in [0.1, 0.15) is 31.9 Å². The lowest BCUT2D eigenvalue weighted by Crippen LogP contribution is -2.31. The summed E-state index contributed by atoms with van der Waals surface area (Å²) in [5.74, 6) is 1.62. The zero-order chi connectivity index (χ0) is 14.8. The van der Waals surface area contributed by atoms with Crippen molar-refractivity contribution in [1.82, 2.24) is 4.90 Å². The van der Waals surface area contributed by atoms with Gasteiger partial charge in [-0.1, -0.05) is 56.3 Å². The van der Waals surface area contributed by atoms with Gasteiger partial charge in [-0.3, -0.25) is 0 Å². The van der Waals surface area contributed by atoms with E-state index >= 15 is 0 Å². The average molecular weight is 282 g/mol. The van der Waals surface area contributed by atoms with E-state index in [4.69, 9.17) is 5.73 Å². The van der Waals surface area contributed by atoms with Crippen molar-refractivity contribution in [2.75, 3.05) is 19.6 Å². The molecule has 2 aromatic rings. The third kappa shape index (κ3) is 3.12. The molecule has 0 saturated carbocycles. The van der Waals surface area contributed by atoms with Gasteiger partial charge in [-0.2, -0.15) is 0 Å². The molecule has 2 aromatic carbocycles. The van der Waals surface area contributed by atoms with Gasteiger partial charge in [0, 0.05) is 19.1 Å². The van der Waals surface area contributed by atoms with Gasteiger partial charge in [-0.25, -0.2) is 0 Å². The molecule has 2 nitrogen and oxygen atoms in total. The van der Waals surface area contributed by atoms with Gasteiger partial charge < -0.3 is 10.6 Å². The number of fused-ring (bicyclic) bond motifs is 1. The summed E-state index contributed by atoms with van der Waals surface area (Å²) in [6.45, 7) is 8.03. The van der Waals surface area contributed by atoms with Crippen molar-refractivity contribution in [3.05, 3.63) is 48.0 Å². The van der Waals surface area contributed by atoms with Crippen LogP contribution in [0.15, 0.2) is 42.5 Å². The fraction of sp³-hybridized carbons (Fsp3) is 0.474. The molecule has 0 spiro atoms. The molecular formula is C19H26N2. The first kappa shape index (κ1) is 14.6. The third-order valence-electron chi connectivity index (χ3n) is 4.93. The zero-order valence-electron chi connectivity index (χ0n) is 13.1. The quantitative estimate of drug-likeness (QED) is 0.923. The summed E-state index contributed by atoms with van der Waals surface area (Å²) in [5.41, 5.74) is 7.80. The van der Waals surface area contributed by atoms with Gasteiger partial charge in [0.15, 0.2) is 0 Å². The average Bonchev–Trinajstić information content (AvgIpc) is 2.95. The fourth-order valence-corrected chi connectivity index (χ4v) is 3.52. The Labute approximate surface area is 127 Å². The highest BCUT2D eigenvalue weighted by molar-refractivity contribution is 5.86. The Bertz CT molecular complexity index is 600. The number of benzene rings is 2. The summed E-state index contributed by atoms with van der Waals surface area (Å²) in [7, 11) is 0. The molecule has 1 fully saturated rings. The van der Waals surface area contributed by atoms with E-state index in [2.05, 4.69) is 61.2 Å². The van der Waals surface area contributed by atoms with Crippen LogP contribution in [0.3, 0.4) is 0 Å². The molecule has 0 aromatic heterocycles. The monoisotopic (exact) mass is 282 g/mol. The van der Waals surface area contributed by atoms with E-state index in [1.54, 1.807) is 0 Å². The molecule has 0 bridgehead atoms. The van der Waals surface area contributed by atoms with Crippen molar-refractivity contribution in [2.24, 2.45) is 17.6 Å². The van der Waals surface area contributed by atoms with Crippen LogP contribution in [-0.4, -0.2) is 24.5 Å². The Morgan fingerprint density at radius 2 is 1.90 bits per heavy atom. The lowest BCUT2D eigenvalue weighted by atomic mass is 9.95. The summed E-state index contributed by atoms with van der Waals surface area (Å²) in [5, 5.41) is 2.58. The van der Waals surface area contributed by atoms with E-state index in [9.17, 15) is 0 Å². The second-order valence-electron chi connectivity index (χ2n) is 6.73. The first-order valence-corrected chi connectivity index (χ1v) is 8.10. The molecule has 0 aliphatic carbocycles. The minimum Gasteiger partial charge on any atom is -0.323 e. The van der Waals surface area contributed by atoms with E-state index in [1.165, 1.54) is 35.8 Å². The van der Waals surface area contributed by atoms with Crippen LogP contribution in [0.2, 0.25) is 0 Å². The van der Waals surface area contributed by atoms with E-state index in [1.807, 2.05) is 0 Å². The van der Waals surface area contributed by atoms with E-state index in [-0.39, 0.29) is 6.04 Å². The first-order chi connectivity index (χ1) is 10.1. The lowest BCUT2D eigenvalue weighted by molar-refractivity contribution is 0.287. The number of hydrogen-bond acceptors (Lipinski definition) is 2. The third-order valence-corrected chi connectivity index (χ3v) is 4.93. The van der Waals surface area contributed by atoms with Crippen molar-refractivity contribution in [3.8, 4) is 0 Å². The molecule has 2 atom stereocenters. The topological polar surface area (TPSA) is 29.3 Å². The highest BCUT2D eigenvalue weighted by atomic mass is 15.2. The molecule has 2 heteroatoms. The number of likely N-dealkylation sites (tertiary alicyclic amines) is 1. The van der Waals surface area contributed by atoms with E-state index in [0.717, 1.165) is 18.4 Å². The number of nitrogens with zero attached hydrogens (tertiary/aromatic N) is 1. The molecule has 0 radical (unpaired) electrons. The van der Waals surface area contributed by atoms with Crippen molar-refractivity contribution in [3.63, 3.8) is 0 Å². The van der Waals surface area contributed by atoms with Crippen LogP contribution >= 0.6 is 0 Å². The molecule has 2 N–H and O–H groups in total. The number of rotatable bonds is 4. The lowest BCUT2D eigenvalue weighted by Gasteiger charge is -2.23. The number of nitrogens with two attached hydrogens (primary N) is 1. The smallest absolute Gasteiger partial charge is 0.0430 e. The maximum absolute atomic E-state index is 6.52. The number of hydrogen-bond donors (Lipinski definition) is 1. The Kier molecular flexibility index (Phi) is 4.27. The van der Waals surface area contributed by atoms with Crippen LogP contribution in [-0.2, 0) is 0 Å². The molecule has 1 heterocycles. The van der Waals surface area contributed by atoms with Gasteiger partial charge in [0.25, 0.3) is 0 Å². The Balaban J connectivity index is 1.74. The molecule has 1 aliphatic rings. The van der Waals surface area contributed by atoms with Crippen molar-refractivity contribution < 1.29 is 0 Å². The summed E-state index contributed by atoms with van der Waals surface area (Å²) in [6, 6.07) is 15.1. The second-order valence-corrected chi connectivity index (χ2v) is 6.73. The largest absolute Gasteiger partial charge is 0.323 e. The van der Waals surface area contributed by atoms with Crippen molar-refractivity contribution in [1.29, 1.82) is 0 Å². The van der Waals surface area contributed by atoms with Gasteiger partial charge in [0.2, 0.25) is 0 Å². The summed E-state index contributed by atoms with van der Waals surface area (Å²) in [6.07, 6.45) is 1.32. The standard InChI is InChI=1S/C19H26N2/c1-14(2)16-10-11-21(12-16)13-19(20)18-9-5-7-15-6-3-4-8-17(15)18/h3-9,14,16,19H,10-13,20H2,1-2H3. The molecule has 2 unspecified atom stereocenters. The van der Waals surface area contributed by atoms with E-state index < -0.39 is 0 Å². The van der Waals surface area contributed by atoms with Gasteiger partial charge in [-0.05, 0) is 41.1 Å². The SMILES string of the molecule is CC(C)C1CCN(CC(N)c2cccc3ccccc23)C1. The predicted molar refractivity (Wildman–Crippen MR) is 90.3 cm³/mol. The molecule has 0 amide bonds. The summed E-state index contributed by atoms with van der Waals surface area (Å²) >= 11 is 0.